The van der Waals surface area contributed by atoms with Crippen LogP contribution in [-0.2, 0) is 16.0 Å². The first-order valence-corrected chi connectivity index (χ1v) is 9.80. The zero-order chi connectivity index (χ0) is 19.9. The second kappa shape index (κ2) is 9.66. The lowest BCUT2D eigenvalue weighted by atomic mass is 10.2. The number of nitrogens with one attached hydrogen (secondary N) is 1. The zero-order valence-electron chi connectivity index (χ0n) is 15.6. The molecule has 1 unspecified atom stereocenters. The fraction of sp³-hybridized carbons (Fsp3) is 0.350. The number of pyridine rings is 1. The Labute approximate surface area is 172 Å². The molecular formula is C20H22BrN3O4. The lowest BCUT2D eigenvalue weighted by molar-refractivity contribution is 0.0600. The van der Waals surface area contributed by atoms with Crippen LogP contribution < -0.4 is 5.32 Å². The highest BCUT2D eigenvalue weighted by Gasteiger charge is 2.23. The summed E-state index contributed by atoms with van der Waals surface area (Å²) < 4.78 is 11.0. The number of anilines is 1. The van der Waals surface area contributed by atoms with Crippen LogP contribution in [0.15, 0.2) is 47.2 Å². The number of esters is 1. The number of rotatable bonds is 6. The summed E-state index contributed by atoms with van der Waals surface area (Å²) in [5, 5.41) is 2.90. The van der Waals surface area contributed by atoms with E-state index in [9.17, 15) is 9.59 Å². The fourth-order valence-electron chi connectivity index (χ4n) is 3.02. The second-order valence-corrected chi connectivity index (χ2v) is 7.35. The standard InChI is InChI=1S/C20H22BrN3O4/c1-27-19(25)15-6-7-18(17(21)10-15)23-20(26)24(13-16-5-3-9-28-16)12-14-4-2-8-22-11-14/h2,4,6-8,10-11,16H,3,5,9,12-13H2,1H3,(H,23,26). The maximum atomic E-state index is 13.0. The van der Waals surface area contributed by atoms with Gasteiger partial charge in [-0.1, -0.05) is 6.07 Å². The van der Waals surface area contributed by atoms with Gasteiger partial charge < -0.3 is 19.7 Å². The minimum atomic E-state index is -0.435. The van der Waals surface area contributed by atoms with E-state index in [2.05, 4.69) is 26.2 Å². The maximum Gasteiger partial charge on any atom is 0.337 e. The molecule has 7 nitrogen and oxygen atoms in total. The Morgan fingerprint density at radius 3 is 2.89 bits per heavy atom. The van der Waals surface area contributed by atoms with E-state index in [0.29, 0.717) is 28.8 Å². The molecule has 8 heteroatoms. The SMILES string of the molecule is COC(=O)c1ccc(NC(=O)N(Cc2cccnc2)CC2CCCO2)c(Br)c1. The average Bonchev–Trinajstić information content (AvgIpc) is 3.22. The topological polar surface area (TPSA) is 80.8 Å². The Balaban J connectivity index is 1.73. The Morgan fingerprint density at radius 1 is 1.39 bits per heavy atom. The Hall–Kier alpha value is -2.45. The van der Waals surface area contributed by atoms with E-state index in [4.69, 9.17) is 9.47 Å². The third-order valence-electron chi connectivity index (χ3n) is 4.46. The molecular weight excluding hydrogens is 426 g/mol. The molecule has 0 saturated carbocycles. The molecule has 0 bridgehead atoms. The summed E-state index contributed by atoms with van der Waals surface area (Å²) in [4.78, 5) is 30.4. The summed E-state index contributed by atoms with van der Waals surface area (Å²) in [6, 6.07) is 8.43. The molecule has 2 amide bonds. The summed E-state index contributed by atoms with van der Waals surface area (Å²) in [7, 11) is 1.33. The van der Waals surface area contributed by atoms with Crippen molar-refractivity contribution in [3.05, 3.63) is 58.3 Å². The van der Waals surface area contributed by atoms with E-state index in [1.165, 1.54) is 7.11 Å². The van der Waals surface area contributed by atoms with Crippen LogP contribution in [0.4, 0.5) is 10.5 Å². The van der Waals surface area contributed by atoms with Gasteiger partial charge in [0.15, 0.2) is 0 Å². The van der Waals surface area contributed by atoms with Crippen molar-refractivity contribution in [3.8, 4) is 0 Å². The van der Waals surface area contributed by atoms with Crippen LogP contribution >= 0.6 is 15.9 Å². The number of hydrogen-bond acceptors (Lipinski definition) is 5. The van der Waals surface area contributed by atoms with Gasteiger partial charge in [-0.05, 0) is 58.6 Å². The zero-order valence-corrected chi connectivity index (χ0v) is 17.1. The highest BCUT2D eigenvalue weighted by atomic mass is 79.9. The number of carbonyl (C=O) groups is 2. The van der Waals surface area contributed by atoms with Gasteiger partial charge >= 0.3 is 12.0 Å². The van der Waals surface area contributed by atoms with Crippen molar-refractivity contribution < 1.29 is 19.1 Å². The number of ether oxygens (including phenoxy) is 2. The van der Waals surface area contributed by atoms with Gasteiger partial charge in [0.25, 0.3) is 0 Å². The minimum absolute atomic E-state index is 0.0348. The highest BCUT2D eigenvalue weighted by Crippen LogP contribution is 2.25. The minimum Gasteiger partial charge on any atom is -0.465 e. The molecule has 3 rings (SSSR count). The largest absolute Gasteiger partial charge is 0.465 e. The average molecular weight is 448 g/mol. The number of carbonyl (C=O) groups excluding carboxylic acids is 2. The van der Waals surface area contributed by atoms with Gasteiger partial charge in [-0.25, -0.2) is 9.59 Å². The molecule has 0 radical (unpaired) electrons. The number of methoxy groups -OCH3 is 1. The molecule has 28 heavy (non-hydrogen) atoms. The van der Waals surface area contributed by atoms with Crippen molar-refractivity contribution in [2.45, 2.75) is 25.5 Å². The number of benzene rings is 1. The Morgan fingerprint density at radius 2 is 2.25 bits per heavy atom. The third-order valence-corrected chi connectivity index (χ3v) is 5.12. The molecule has 1 N–H and O–H groups in total. The fourth-order valence-corrected chi connectivity index (χ4v) is 3.50. The Bertz CT molecular complexity index is 825. The molecule has 1 aliphatic rings. The van der Waals surface area contributed by atoms with Crippen molar-refractivity contribution in [2.75, 3.05) is 25.6 Å². The lowest BCUT2D eigenvalue weighted by Crippen LogP contribution is -2.39. The quantitative estimate of drug-likeness (QED) is 0.680. The van der Waals surface area contributed by atoms with Crippen LogP contribution in [0.25, 0.3) is 0 Å². The molecule has 1 fully saturated rings. The summed E-state index contributed by atoms with van der Waals surface area (Å²) >= 11 is 3.40. The lowest BCUT2D eigenvalue weighted by Gasteiger charge is -2.26. The van der Waals surface area contributed by atoms with E-state index in [0.717, 1.165) is 25.0 Å². The molecule has 1 atom stereocenters. The number of aromatic nitrogens is 1. The first-order chi connectivity index (χ1) is 13.6. The summed E-state index contributed by atoms with van der Waals surface area (Å²) in [6.07, 6.45) is 5.43. The van der Waals surface area contributed by atoms with Gasteiger partial charge in [-0.15, -0.1) is 0 Å². The monoisotopic (exact) mass is 447 g/mol. The van der Waals surface area contributed by atoms with E-state index in [1.54, 1.807) is 35.5 Å². The first kappa shape index (κ1) is 20.3. The van der Waals surface area contributed by atoms with Crippen LogP contribution in [-0.4, -0.2) is 48.2 Å². The van der Waals surface area contributed by atoms with Crippen LogP contribution in [0.5, 0.6) is 0 Å². The number of urea groups is 1. The normalized spacial score (nSPS) is 15.9. The molecule has 1 aromatic carbocycles. The van der Waals surface area contributed by atoms with Crippen molar-refractivity contribution >= 4 is 33.6 Å². The first-order valence-electron chi connectivity index (χ1n) is 9.01. The molecule has 2 aromatic rings. The van der Waals surface area contributed by atoms with Crippen LogP contribution in [0.2, 0.25) is 0 Å². The van der Waals surface area contributed by atoms with E-state index < -0.39 is 5.97 Å². The third kappa shape index (κ3) is 5.30. The van der Waals surface area contributed by atoms with Gasteiger partial charge in [-0.2, -0.15) is 0 Å². The van der Waals surface area contributed by atoms with Gasteiger partial charge in [0, 0.05) is 36.6 Å². The number of hydrogen-bond donors (Lipinski definition) is 1. The van der Waals surface area contributed by atoms with Crippen LogP contribution in [0, 0.1) is 0 Å². The number of amides is 2. The van der Waals surface area contributed by atoms with Gasteiger partial charge in [0.05, 0.1) is 24.5 Å². The van der Waals surface area contributed by atoms with Crippen LogP contribution in [0.1, 0.15) is 28.8 Å². The summed E-state index contributed by atoms with van der Waals surface area (Å²) in [5.74, 6) is -0.435. The maximum absolute atomic E-state index is 13.0. The molecule has 2 heterocycles. The summed E-state index contributed by atoms with van der Waals surface area (Å²) in [6.45, 7) is 1.66. The highest BCUT2D eigenvalue weighted by molar-refractivity contribution is 9.10. The van der Waals surface area contributed by atoms with Crippen molar-refractivity contribution in [1.82, 2.24) is 9.88 Å². The number of halogens is 1. The molecule has 1 aromatic heterocycles. The van der Waals surface area contributed by atoms with E-state index >= 15 is 0 Å². The Kier molecular flexibility index (Phi) is 7.00. The van der Waals surface area contributed by atoms with Gasteiger partial charge in [0.2, 0.25) is 0 Å². The predicted octanol–water partition coefficient (Wildman–Crippen LogP) is 3.84. The molecule has 1 saturated heterocycles. The predicted molar refractivity (Wildman–Crippen MR) is 108 cm³/mol. The van der Waals surface area contributed by atoms with E-state index in [-0.39, 0.29) is 12.1 Å². The molecule has 1 aliphatic heterocycles. The molecule has 0 spiro atoms. The second-order valence-electron chi connectivity index (χ2n) is 6.49. The van der Waals surface area contributed by atoms with Crippen molar-refractivity contribution in [2.24, 2.45) is 0 Å². The van der Waals surface area contributed by atoms with Gasteiger partial charge in [-0.3, -0.25) is 4.98 Å². The molecule has 148 valence electrons. The summed E-state index contributed by atoms with van der Waals surface area (Å²) in [5.41, 5.74) is 1.91. The van der Waals surface area contributed by atoms with Crippen molar-refractivity contribution in [3.63, 3.8) is 0 Å². The number of nitrogens with zero attached hydrogens (tertiary/aromatic N) is 2. The van der Waals surface area contributed by atoms with Crippen molar-refractivity contribution in [1.29, 1.82) is 0 Å². The smallest absolute Gasteiger partial charge is 0.337 e. The molecule has 0 aliphatic carbocycles. The van der Waals surface area contributed by atoms with Gasteiger partial charge in [0.1, 0.15) is 0 Å². The van der Waals surface area contributed by atoms with E-state index in [1.807, 2.05) is 12.1 Å². The van der Waals surface area contributed by atoms with Crippen LogP contribution in [0.3, 0.4) is 0 Å².